The summed E-state index contributed by atoms with van der Waals surface area (Å²) in [7, 11) is 3.16. The van der Waals surface area contributed by atoms with Crippen molar-refractivity contribution in [2.24, 2.45) is 0 Å². The van der Waals surface area contributed by atoms with Crippen LogP contribution in [0.15, 0.2) is 35.5 Å². The lowest BCUT2D eigenvalue weighted by atomic mass is 10.2. The van der Waals surface area contributed by atoms with Gasteiger partial charge in [0, 0.05) is 6.20 Å². The number of para-hydroxylation sites is 1. The Morgan fingerprint density at radius 1 is 1.22 bits per heavy atom. The second-order valence-corrected chi connectivity index (χ2v) is 9.30. The summed E-state index contributed by atoms with van der Waals surface area (Å²) in [6.07, 6.45) is 5.29. The Morgan fingerprint density at radius 2 is 2.04 bits per heavy atom. The van der Waals surface area contributed by atoms with Crippen molar-refractivity contribution in [2.75, 3.05) is 16.9 Å². The number of nitrogens with zero attached hydrogens (tertiary/aromatic N) is 3. The Kier molecular flexibility index (Phi) is 6.59. The Labute approximate surface area is 174 Å². The number of carbonyl (C=O) groups excluding carboxylic acids is 1. The van der Waals surface area contributed by atoms with Gasteiger partial charge in [0.1, 0.15) is 16.5 Å². The molecule has 0 radical (unpaired) electrons. The van der Waals surface area contributed by atoms with Crippen LogP contribution < -0.4 is 10.6 Å². The standard InChI is InChI=1S/C17H16ClN5OS3/c1-9-5-4-6-11(18)14(9)22-16(24)13-8-20-17(26-13)23-15-12(27-25-3)7-19-10(2)21-15/h4-8H,1-3H3,(H,22,24)(H,19,20,21,23). The van der Waals surface area contributed by atoms with Crippen molar-refractivity contribution in [1.82, 2.24) is 15.0 Å². The summed E-state index contributed by atoms with van der Waals surface area (Å²) in [6.45, 7) is 3.72. The lowest BCUT2D eigenvalue weighted by Gasteiger charge is -2.09. The number of nitrogens with one attached hydrogen (secondary N) is 2. The molecule has 0 aliphatic rings. The van der Waals surface area contributed by atoms with E-state index in [-0.39, 0.29) is 5.91 Å². The highest BCUT2D eigenvalue weighted by Gasteiger charge is 2.15. The zero-order chi connectivity index (χ0) is 19.4. The second-order valence-electron chi connectivity index (χ2n) is 5.42. The van der Waals surface area contributed by atoms with Crippen LogP contribution in [0, 0.1) is 13.8 Å². The zero-order valence-electron chi connectivity index (χ0n) is 14.7. The summed E-state index contributed by atoms with van der Waals surface area (Å²) in [5.41, 5.74) is 1.51. The van der Waals surface area contributed by atoms with Gasteiger partial charge in [0.05, 0.1) is 21.8 Å². The number of anilines is 3. The van der Waals surface area contributed by atoms with E-state index in [1.54, 1.807) is 33.9 Å². The van der Waals surface area contributed by atoms with Gasteiger partial charge in [-0.2, -0.15) is 0 Å². The largest absolute Gasteiger partial charge is 0.320 e. The number of hydrogen-bond acceptors (Lipinski definition) is 8. The maximum Gasteiger partial charge on any atom is 0.267 e. The molecule has 27 heavy (non-hydrogen) atoms. The number of aromatic nitrogens is 3. The first kappa shape index (κ1) is 19.9. The molecule has 1 aromatic carbocycles. The number of aryl methyl sites for hydroxylation is 2. The molecule has 10 heteroatoms. The van der Waals surface area contributed by atoms with Crippen molar-refractivity contribution in [3.63, 3.8) is 0 Å². The third-order valence-corrected chi connectivity index (χ3v) is 6.37. The van der Waals surface area contributed by atoms with Gasteiger partial charge in [0.25, 0.3) is 5.91 Å². The summed E-state index contributed by atoms with van der Waals surface area (Å²) < 4.78 is 0. The van der Waals surface area contributed by atoms with E-state index in [1.165, 1.54) is 17.5 Å². The van der Waals surface area contributed by atoms with Crippen molar-refractivity contribution in [2.45, 2.75) is 18.7 Å². The van der Waals surface area contributed by atoms with E-state index < -0.39 is 0 Å². The molecule has 0 atom stereocenters. The van der Waals surface area contributed by atoms with Gasteiger partial charge in [0.15, 0.2) is 5.13 Å². The predicted octanol–water partition coefficient (Wildman–Crippen LogP) is 5.57. The van der Waals surface area contributed by atoms with E-state index in [1.807, 2.05) is 32.2 Å². The molecule has 0 saturated carbocycles. The molecule has 0 spiro atoms. The molecular weight excluding hydrogens is 422 g/mol. The van der Waals surface area contributed by atoms with Crippen molar-refractivity contribution in [3.05, 3.63) is 51.9 Å². The van der Waals surface area contributed by atoms with Gasteiger partial charge in [-0.25, -0.2) is 15.0 Å². The normalized spacial score (nSPS) is 10.7. The van der Waals surface area contributed by atoms with Gasteiger partial charge in [-0.05, 0) is 31.7 Å². The minimum Gasteiger partial charge on any atom is -0.320 e. The van der Waals surface area contributed by atoms with E-state index in [4.69, 9.17) is 11.6 Å². The number of rotatable bonds is 6. The quantitative estimate of drug-likeness (QED) is 0.488. The highest BCUT2D eigenvalue weighted by molar-refractivity contribution is 8.76. The van der Waals surface area contributed by atoms with Crippen LogP contribution in [0.5, 0.6) is 0 Å². The summed E-state index contributed by atoms with van der Waals surface area (Å²) in [5.74, 6) is 1.08. The number of carbonyl (C=O) groups is 1. The Bertz CT molecular complexity index is 959. The zero-order valence-corrected chi connectivity index (χ0v) is 17.9. The first-order valence-corrected chi connectivity index (χ1v) is 11.6. The summed E-state index contributed by atoms with van der Waals surface area (Å²) in [5, 5.41) is 7.11. The van der Waals surface area contributed by atoms with Crippen molar-refractivity contribution >= 4 is 67.1 Å². The third kappa shape index (κ3) is 4.92. The summed E-state index contributed by atoms with van der Waals surface area (Å²) >= 11 is 7.42. The average Bonchev–Trinajstić information content (AvgIpc) is 3.09. The van der Waals surface area contributed by atoms with E-state index in [0.717, 1.165) is 10.5 Å². The second kappa shape index (κ2) is 8.92. The number of halogens is 1. The van der Waals surface area contributed by atoms with E-state index >= 15 is 0 Å². The van der Waals surface area contributed by atoms with E-state index in [9.17, 15) is 4.79 Å². The average molecular weight is 438 g/mol. The molecule has 2 aromatic heterocycles. The Hall–Kier alpha value is -1.81. The number of thiazole rings is 1. The number of benzene rings is 1. The fourth-order valence-corrected chi connectivity index (χ4v) is 4.54. The van der Waals surface area contributed by atoms with Crippen LogP contribution in [0.25, 0.3) is 0 Å². The van der Waals surface area contributed by atoms with Crippen molar-refractivity contribution < 1.29 is 4.79 Å². The van der Waals surface area contributed by atoms with Gasteiger partial charge in [-0.1, -0.05) is 56.7 Å². The first-order valence-electron chi connectivity index (χ1n) is 7.81. The topological polar surface area (TPSA) is 79.8 Å². The number of hydrogen-bond donors (Lipinski definition) is 2. The highest BCUT2D eigenvalue weighted by atomic mass is 35.5. The molecule has 3 aromatic rings. The van der Waals surface area contributed by atoms with Crippen molar-refractivity contribution in [3.8, 4) is 0 Å². The molecule has 2 N–H and O–H groups in total. The lowest BCUT2D eigenvalue weighted by Crippen LogP contribution is -2.11. The van der Waals surface area contributed by atoms with Crippen LogP contribution in [0.1, 0.15) is 21.1 Å². The molecule has 3 rings (SSSR count). The molecular formula is C17H16ClN5OS3. The molecule has 0 bridgehead atoms. The van der Waals surface area contributed by atoms with Crippen LogP contribution in [-0.2, 0) is 0 Å². The van der Waals surface area contributed by atoms with Gasteiger partial charge in [0.2, 0.25) is 0 Å². The fourth-order valence-electron chi connectivity index (χ4n) is 2.20. The van der Waals surface area contributed by atoms with Gasteiger partial charge in [-0.3, -0.25) is 4.79 Å². The number of amides is 1. The molecule has 2 heterocycles. The third-order valence-electron chi connectivity index (χ3n) is 3.46. The van der Waals surface area contributed by atoms with Crippen LogP contribution in [0.2, 0.25) is 5.02 Å². The van der Waals surface area contributed by atoms with Gasteiger partial charge < -0.3 is 10.6 Å². The van der Waals surface area contributed by atoms with Crippen molar-refractivity contribution in [1.29, 1.82) is 0 Å². The molecule has 0 aliphatic heterocycles. The van der Waals surface area contributed by atoms with Crippen LogP contribution in [0.3, 0.4) is 0 Å². The summed E-state index contributed by atoms with van der Waals surface area (Å²) in [6, 6.07) is 5.48. The molecule has 0 saturated heterocycles. The predicted molar refractivity (Wildman–Crippen MR) is 116 cm³/mol. The van der Waals surface area contributed by atoms with Gasteiger partial charge in [-0.15, -0.1) is 0 Å². The molecule has 140 valence electrons. The molecule has 0 unspecified atom stereocenters. The molecule has 6 nitrogen and oxygen atoms in total. The molecule has 0 fully saturated rings. The minimum atomic E-state index is -0.255. The lowest BCUT2D eigenvalue weighted by molar-refractivity contribution is 0.103. The highest BCUT2D eigenvalue weighted by Crippen LogP contribution is 2.35. The SMILES string of the molecule is CSSc1cnc(C)nc1Nc1ncc(C(=O)Nc2c(C)cccc2Cl)s1. The summed E-state index contributed by atoms with van der Waals surface area (Å²) in [4.78, 5) is 26.9. The van der Waals surface area contributed by atoms with Crippen LogP contribution in [-0.4, -0.2) is 27.1 Å². The monoisotopic (exact) mass is 437 g/mol. The Morgan fingerprint density at radius 3 is 2.78 bits per heavy atom. The van der Waals surface area contributed by atoms with E-state index in [0.29, 0.717) is 32.4 Å². The maximum atomic E-state index is 12.5. The Balaban J connectivity index is 1.77. The van der Waals surface area contributed by atoms with E-state index in [2.05, 4.69) is 25.6 Å². The smallest absolute Gasteiger partial charge is 0.267 e. The minimum absolute atomic E-state index is 0.255. The van der Waals surface area contributed by atoms with Gasteiger partial charge >= 0.3 is 0 Å². The van der Waals surface area contributed by atoms with Crippen LogP contribution >= 0.6 is 44.5 Å². The maximum absolute atomic E-state index is 12.5. The molecule has 1 amide bonds. The van der Waals surface area contributed by atoms with Crippen LogP contribution in [0.4, 0.5) is 16.6 Å². The first-order chi connectivity index (χ1) is 13.0. The fraction of sp³-hybridized carbons (Fsp3) is 0.176. The molecule has 0 aliphatic carbocycles.